The van der Waals surface area contributed by atoms with Crippen LogP contribution in [-0.2, 0) is 9.47 Å². The Morgan fingerprint density at radius 2 is 2.44 bits per heavy atom. The highest BCUT2D eigenvalue weighted by atomic mass is 16.6. The zero-order valence-corrected chi connectivity index (χ0v) is 10.4. The highest BCUT2D eigenvalue weighted by Gasteiger charge is 2.59. The van der Waals surface area contributed by atoms with Crippen molar-refractivity contribution in [3.63, 3.8) is 0 Å². The highest BCUT2D eigenvalue weighted by molar-refractivity contribution is 5.68. The zero-order chi connectivity index (χ0) is 12.8. The SMILES string of the molecule is C=CCOC(=O)N1CC[C@@]23CC[C@@H](C[C@@H]2C1O)O3. The van der Waals surface area contributed by atoms with E-state index in [1.165, 1.54) is 11.0 Å². The lowest BCUT2D eigenvalue weighted by molar-refractivity contribution is -0.131. The van der Waals surface area contributed by atoms with Gasteiger partial charge in [0.1, 0.15) is 12.8 Å². The lowest BCUT2D eigenvalue weighted by Gasteiger charge is -2.45. The van der Waals surface area contributed by atoms with Crippen LogP contribution in [0.4, 0.5) is 4.79 Å². The van der Waals surface area contributed by atoms with Gasteiger partial charge in [0.25, 0.3) is 0 Å². The van der Waals surface area contributed by atoms with Gasteiger partial charge in [-0.25, -0.2) is 4.79 Å². The molecule has 0 aliphatic carbocycles. The van der Waals surface area contributed by atoms with Gasteiger partial charge >= 0.3 is 6.09 Å². The Labute approximate surface area is 106 Å². The molecular weight excluding hydrogens is 234 g/mol. The summed E-state index contributed by atoms with van der Waals surface area (Å²) in [6.07, 6.45) is 4.31. The van der Waals surface area contributed by atoms with Crippen LogP contribution < -0.4 is 0 Å². The second-order valence-corrected chi connectivity index (χ2v) is 5.41. The number of aliphatic hydroxyl groups excluding tert-OH is 1. The molecule has 3 aliphatic heterocycles. The maximum atomic E-state index is 11.8. The van der Waals surface area contributed by atoms with Gasteiger partial charge in [0, 0.05) is 12.5 Å². The summed E-state index contributed by atoms with van der Waals surface area (Å²) in [4.78, 5) is 13.2. The third-order valence-corrected chi connectivity index (χ3v) is 4.50. The molecule has 3 saturated heterocycles. The second-order valence-electron chi connectivity index (χ2n) is 5.41. The highest BCUT2D eigenvalue weighted by Crippen LogP contribution is 2.53. The molecule has 18 heavy (non-hydrogen) atoms. The molecule has 3 fully saturated rings. The monoisotopic (exact) mass is 253 g/mol. The summed E-state index contributed by atoms with van der Waals surface area (Å²) >= 11 is 0. The van der Waals surface area contributed by atoms with Gasteiger partial charge in [-0.05, 0) is 25.7 Å². The number of nitrogens with zero attached hydrogens (tertiary/aromatic N) is 1. The smallest absolute Gasteiger partial charge is 0.412 e. The van der Waals surface area contributed by atoms with Gasteiger partial charge in [0.15, 0.2) is 0 Å². The number of amides is 1. The van der Waals surface area contributed by atoms with E-state index >= 15 is 0 Å². The van der Waals surface area contributed by atoms with Crippen LogP contribution in [0.2, 0.25) is 0 Å². The largest absolute Gasteiger partial charge is 0.445 e. The first-order valence-corrected chi connectivity index (χ1v) is 6.56. The van der Waals surface area contributed by atoms with Crippen molar-refractivity contribution in [2.45, 2.75) is 43.6 Å². The fourth-order valence-corrected chi connectivity index (χ4v) is 3.63. The van der Waals surface area contributed by atoms with Crippen molar-refractivity contribution in [2.24, 2.45) is 5.92 Å². The molecule has 0 aromatic rings. The number of likely N-dealkylation sites (tertiary alicyclic amines) is 1. The standard InChI is InChI=1S/C13H19NO4/c1-2-7-17-12(16)14-6-5-13-4-3-9(18-13)8-10(13)11(14)15/h2,9-11,15H,1,3-8H2/t9-,10+,11?,13-/m0/s1. The van der Waals surface area contributed by atoms with E-state index in [2.05, 4.69) is 6.58 Å². The van der Waals surface area contributed by atoms with E-state index in [1.807, 2.05) is 0 Å². The summed E-state index contributed by atoms with van der Waals surface area (Å²) in [5.74, 6) is 0.0429. The first-order chi connectivity index (χ1) is 8.66. The third kappa shape index (κ3) is 1.65. The quantitative estimate of drug-likeness (QED) is 0.753. The number of rotatable bonds is 2. The van der Waals surface area contributed by atoms with Crippen molar-refractivity contribution in [3.8, 4) is 0 Å². The minimum atomic E-state index is -0.777. The Kier molecular flexibility index (Phi) is 2.83. The average molecular weight is 253 g/mol. The number of carbonyl (C=O) groups is 1. The number of carbonyl (C=O) groups excluding carboxylic acids is 1. The molecule has 1 unspecified atom stereocenters. The number of ether oxygens (including phenoxy) is 2. The summed E-state index contributed by atoms with van der Waals surface area (Å²) in [7, 11) is 0. The van der Waals surface area contributed by atoms with E-state index in [1.54, 1.807) is 0 Å². The molecule has 1 N–H and O–H groups in total. The summed E-state index contributed by atoms with van der Waals surface area (Å²) in [5.41, 5.74) is -0.181. The van der Waals surface area contributed by atoms with E-state index in [-0.39, 0.29) is 24.2 Å². The van der Waals surface area contributed by atoms with Crippen LogP contribution in [0.3, 0.4) is 0 Å². The van der Waals surface area contributed by atoms with Crippen molar-refractivity contribution < 1.29 is 19.4 Å². The molecule has 3 aliphatic rings. The number of hydrogen-bond donors (Lipinski definition) is 1. The first kappa shape index (κ1) is 12.0. The van der Waals surface area contributed by atoms with Gasteiger partial charge in [-0.3, -0.25) is 4.90 Å². The van der Waals surface area contributed by atoms with Crippen LogP contribution in [0.15, 0.2) is 12.7 Å². The van der Waals surface area contributed by atoms with Crippen molar-refractivity contribution in [3.05, 3.63) is 12.7 Å². The molecule has 0 aromatic heterocycles. The lowest BCUT2D eigenvalue weighted by atomic mass is 9.73. The lowest BCUT2D eigenvalue weighted by Crippen LogP contribution is -2.57. The molecule has 100 valence electrons. The first-order valence-electron chi connectivity index (χ1n) is 6.56. The van der Waals surface area contributed by atoms with Crippen LogP contribution in [0, 0.1) is 5.92 Å². The maximum absolute atomic E-state index is 11.8. The summed E-state index contributed by atoms with van der Waals surface area (Å²) in [6, 6.07) is 0. The molecule has 3 heterocycles. The van der Waals surface area contributed by atoms with Crippen LogP contribution in [0.5, 0.6) is 0 Å². The maximum Gasteiger partial charge on any atom is 0.412 e. The molecule has 1 spiro atoms. The summed E-state index contributed by atoms with van der Waals surface area (Å²) in [6.45, 7) is 4.18. The van der Waals surface area contributed by atoms with Crippen LogP contribution in [0.1, 0.15) is 25.7 Å². The van der Waals surface area contributed by atoms with Crippen molar-refractivity contribution >= 4 is 6.09 Å². The molecule has 5 nitrogen and oxygen atoms in total. The van der Waals surface area contributed by atoms with E-state index in [0.717, 1.165) is 25.7 Å². The number of aliphatic hydroxyl groups is 1. The van der Waals surface area contributed by atoms with Gasteiger partial charge < -0.3 is 14.6 Å². The third-order valence-electron chi connectivity index (χ3n) is 4.50. The minimum Gasteiger partial charge on any atom is -0.445 e. The predicted molar refractivity (Wildman–Crippen MR) is 63.8 cm³/mol. The van der Waals surface area contributed by atoms with E-state index in [9.17, 15) is 9.90 Å². The van der Waals surface area contributed by atoms with Gasteiger partial charge in [-0.2, -0.15) is 0 Å². The Balaban J connectivity index is 1.70. The van der Waals surface area contributed by atoms with Gasteiger partial charge in [-0.15, -0.1) is 0 Å². The van der Waals surface area contributed by atoms with Crippen LogP contribution >= 0.6 is 0 Å². The fraction of sp³-hybridized carbons (Fsp3) is 0.769. The van der Waals surface area contributed by atoms with Crippen molar-refractivity contribution in [1.29, 1.82) is 0 Å². The van der Waals surface area contributed by atoms with E-state index in [4.69, 9.17) is 9.47 Å². The Hall–Kier alpha value is -1.07. The van der Waals surface area contributed by atoms with Gasteiger partial charge in [0.05, 0.1) is 11.7 Å². The molecule has 0 aromatic carbocycles. The molecule has 2 bridgehead atoms. The molecule has 1 amide bonds. The molecule has 4 atom stereocenters. The molecule has 3 rings (SSSR count). The molecule has 5 heteroatoms. The van der Waals surface area contributed by atoms with Crippen molar-refractivity contribution in [1.82, 2.24) is 4.90 Å². The molecule has 0 radical (unpaired) electrons. The topological polar surface area (TPSA) is 59.0 Å². The molecule has 0 saturated carbocycles. The van der Waals surface area contributed by atoms with E-state index < -0.39 is 12.3 Å². The minimum absolute atomic E-state index is 0.0429. The normalized spacial score (nSPS) is 41.6. The fourth-order valence-electron chi connectivity index (χ4n) is 3.63. The average Bonchev–Trinajstić information content (AvgIpc) is 2.93. The Morgan fingerprint density at radius 3 is 3.17 bits per heavy atom. The molecular formula is C13H19NO4. The van der Waals surface area contributed by atoms with Gasteiger partial charge in [-0.1, -0.05) is 12.7 Å². The number of fused-ring (bicyclic) bond motifs is 1. The summed E-state index contributed by atoms with van der Waals surface area (Å²) in [5, 5.41) is 10.3. The number of piperidine rings is 1. The summed E-state index contributed by atoms with van der Waals surface area (Å²) < 4.78 is 11.0. The van der Waals surface area contributed by atoms with Gasteiger partial charge in [0.2, 0.25) is 0 Å². The van der Waals surface area contributed by atoms with E-state index in [0.29, 0.717) is 6.54 Å². The predicted octanol–water partition coefficient (Wildman–Crippen LogP) is 1.27. The Bertz CT molecular complexity index is 372. The zero-order valence-electron chi connectivity index (χ0n) is 10.4. The van der Waals surface area contributed by atoms with Crippen LogP contribution in [-0.4, -0.2) is 47.2 Å². The van der Waals surface area contributed by atoms with Crippen LogP contribution in [0.25, 0.3) is 0 Å². The number of hydrogen-bond acceptors (Lipinski definition) is 4. The van der Waals surface area contributed by atoms with Crippen molar-refractivity contribution in [2.75, 3.05) is 13.2 Å². The Morgan fingerprint density at radius 1 is 1.61 bits per heavy atom. The second kappa shape index (κ2) is 4.24.